The second kappa shape index (κ2) is 9.55. The molecule has 2 aromatic carbocycles. The first-order valence-corrected chi connectivity index (χ1v) is 14.2. The SMILES string of the molecule is Cn1c(=O)sc2cc(S(=O)(=O)NCCOc3ccc(S(=O)(=O)N4CCCCC4)cc3)ccc21. The maximum absolute atomic E-state index is 12.7. The zero-order chi connectivity index (χ0) is 23.6. The summed E-state index contributed by atoms with van der Waals surface area (Å²) < 4.78 is 62.1. The second-order valence-corrected chi connectivity index (χ2v) is 12.4. The van der Waals surface area contributed by atoms with Gasteiger partial charge in [-0.05, 0) is 55.3 Å². The Bertz CT molecular complexity index is 1400. The standard InChI is InChI=1S/C21H25N3O6S3/c1-23-19-10-9-18(15-20(19)31-21(23)25)32(26,27)22-11-14-30-16-5-7-17(8-6-16)33(28,29)24-12-3-2-4-13-24/h5-10,15,22H,2-4,11-14H2,1H3. The maximum atomic E-state index is 12.7. The first-order chi connectivity index (χ1) is 15.7. The summed E-state index contributed by atoms with van der Waals surface area (Å²) in [5, 5.41) is 0. The molecular formula is C21H25N3O6S3. The molecule has 1 aliphatic heterocycles. The van der Waals surface area contributed by atoms with E-state index in [-0.39, 0.29) is 27.8 Å². The van der Waals surface area contributed by atoms with Crippen molar-refractivity contribution >= 4 is 41.6 Å². The lowest BCUT2D eigenvalue weighted by Gasteiger charge is -2.25. The lowest BCUT2D eigenvalue weighted by Crippen LogP contribution is -2.35. The monoisotopic (exact) mass is 511 g/mol. The van der Waals surface area contributed by atoms with E-state index >= 15 is 0 Å². The fourth-order valence-corrected chi connectivity index (χ4v) is 7.22. The normalized spacial score (nSPS) is 15.7. The van der Waals surface area contributed by atoms with Crippen molar-refractivity contribution in [2.75, 3.05) is 26.2 Å². The molecule has 4 rings (SSSR count). The smallest absolute Gasteiger partial charge is 0.307 e. The maximum Gasteiger partial charge on any atom is 0.307 e. The molecule has 0 saturated carbocycles. The Morgan fingerprint density at radius 2 is 1.64 bits per heavy atom. The van der Waals surface area contributed by atoms with E-state index in [0.717, 1.165) is 30.6 Å². The van der Waals surface area contributed by atoms with Crippen molar-refractivity contribution in [3.05, 3.63) is 52.1 Å². The summed E-state index contributed by atoms with van der Waals surface area (Å²) >= 11 is 0.991. The summed E-state index contributed by atoms with van der Waals surface area (Å²) in [4.78, 5) is 11.9. The van der Waals surface area contributed by atoms with Crippen LogP contribution in [0.1, 0.15) is 19.3 Å². The first kappa shape index (κ1) is 23.9. The Morgan fingerprint density at radius 1 is 0.970 bits per heavy atom. The zero-order valence-corrected chi connectivity index (χ0v) is 20.5. The number of rotatable bonds is 8. The van der Waals surface area contributed by atoms with E-state index in [1.807, 2.05) is 0 Å². The number of hydrogen-bond acceptors (Lipinski definition) is 7. The second-order valence-electron chi connectivity index (χ2n) is 7.74. The van der Waals surface area contributed by atoms with Crippen molar-refractivity contribution in [2.24, 2.45) is 7.05 Å². The summed E-state index contributed by atoms with van der Waals surface area (Å²) in [6.45, 7) is 1.17. The van der Waals surface area contributed by atoms with Gasteiger partial charge in [0.1, 0.15) is 12.4 Å². The Kier molecular flexibility index (Phi) is 6.91. The van der Waals surface area contributed by atoms with Crippen LogP contribution in [0.5, 0.6) is 5.75 Å². The number of thiazole rings is 1. The quantitative estimate of drug-likeness (QED) is 0.464. The molecule has 2 heterocycles. The Balaban J connectivity index is 1.33. The number of hydrogen-bond donors (Lipinski definition) is 1. The number of piperidine rings is 1. The Morgan fingerprint density at radius 3 is 2.33 bits per heavy atom. The third-order valence-corrected chi connectivity index (χ3v) is 9.88. The average Bonchev–Trinajstić information content (AvgIpc) is 3.10. The van der Waals surface area contributed by atoms with E-state index in [4.69, 9.17) is 4.74 Å². The molecule has 0 unspecified atom stereocenters. The van der Waals surface area contributed by atoms with E-state index < -0.39 is 20.0 Å². The van der Waals surface area contributed by atoms with Crippen molar-refractivity contribution in [1.82, 2.24) is 13.6 Å². The van der Waals surface area contributed by atoms with Gasteiger partial charge in [0.05, 0.1) is 20.0 Å². The molecule has 1 N–H and O–H groups in total. The Labute approximate surface area is 196 Å². The number of sulfonamides is 2. The summed E-state index contributed by atoms with van der Waals surface area (Å²) in [6.07, 6.45) is 2.79. The van der Waals surface area contributed by atoms with Crippen molar-refractivity contribution in [3.63, 3.8) is 0 Å². The fraction of sp³-hybridized carbons (Fsp3) is 0.381. The van der Waals surface area contributed by atoms with Gasteiger partial charge in [-0.1, -0.05) is 17.8 Å². The molecule has 1 aliphatic rings. The van der Waals surface area contributed by atoms with Crippen molar-refractivity contribution in [3.8, 4) is 5.75 Å². The highest BCUT2D eigenvalue weighted by atomic mass is 32.2. The molecule has 1 aromatic heterocycles. The molecule has 33 heavy (non-hydrogen) atoms. The summed E-state index contributed by atoms with van der Waals surface area (Å²) in [6, 6.07) is 10.7. The number of ether oxygens (including phenoxy) is 1. The molecule has 1 fully saturated rings. The van der Waals surface area contributed by atoms with Crippen molar-refractivity contribution in [1.29, 1.82) is 0 Å². The highest BCUT2D eigenvalue weighted by molar-refractivity contribution is 7.89. The van der Waals surface area contributed by atoms with Gasteiger partial charge in [-0.3, -0.25) is 4.79 Å². The predicted molar refractivity (Wildman–Crippen MR) is 127 cm³/mol. The van der Waals surface area contributed by atoms with Gasteiger partial charge in [-0.2, -0.15) is 4.31 Å². The first-order valence-electron chi connectivity index (χ1n) is 10.5. The topological polar surface area (TPSA) is 115 Å². The minimum Gasteiger partial charge on any atom is -0.492 e. The van der Waals surface area contributed by atoms with Crippen LogP contribution in [0.15, 0.2) is 57.1 Å². The van der Waals surface area contributed by atoms with Crippen molar-refractivity contribution < 1.29 is 21.6 Å². The summed E-state index contributed by atoms with van der Waals surface area (Å²) in [5.41, 5.74) is 0.679. The van der Waals surface area contributed by atoms with Gasteiger partial charge in [0, 0.05) is 26.7 Å². The highest BCUT2D eigenvalue weighted by Gasteiger charge is 2.25. The molecule has 0 spiro atoms. The van der Waals surface area contributed by atoms with Gasteiger partial charge < -0.3 is 9.30 Å². The lowest BCUT2D eigenvalue weighted by atomic mass is 10.2. The molecule has 0 bridgehead atoms. The third kappa shape index (κ3) is 5.14. The molecule has 12 heteroatoms. The predicted octanol–water partition coefficient (Wildman–Crippen LogP) is 2.13. The van der Waals surface area contributed by atoms with Crippen LogP contribution in [0.2, 0.25) is 0 Å². The largest absolute Gasteiger partial charge is 0.492 e. The molecule has 0 aliphatic carbocycles. The molecule has 9 nitrogen and oxygen atoms in total. The zero-order valence-electron chi connectivity index (χ0n) is 18.1. The van der Waals surface area contributed by atoms with Crippen LogP contribution in [0, 0.1) is 0 Å². The highest BCUT2D eigenvalue weighted by Crippen LogP contribution is 2.23. The number of nitrogens with one attached hydrogen (secondary N) is 1. The van der Waals surface area contributed by atoms with E-state index in [1.165, 1.54) is 33.1 Å². The number of nitrogens with zero attached hydrogens (tertiary/aromatic N) is 2. The molecule has 0 amide bonds. The van der Waals surface area contributed by atoms with Gasteiger partial charge in [0.25, 0.3) is 0 Å². The molecule has 1 saturated heterocycles. The molecule has 178 valence electrons. The van der Waals surface area contributed by atoms with Gasteiger partial charge in [-0.25, -0.2) is 21.6 Å². The molecule has 0 atom stereocenters. The van der Waals surface area contributed by atoms with Crippen LogP contribution in [0.3, 0.4) is 0 Å². The molecular weight excluding hydrogens is 486 g/mol. The van der Waals surface area contributed by atoms with Gasteiger partial charge in [0.2, 0.25) is 20.0 Å². The van der Waals surface area contributed by atoms with Gasteiger partial charge in [0.15, 0.2) is 0 Å². The Hall–Kier alpha value is -2.25. The van der Waals surface area contributed by atoms with E-state index in [9.17, 15) is 21.6 Å². The van der Waals surface area contributed by atoms with Crippen LogP contribution >= 0.6 is 11.3 Å². The third-order valence-electron chi connectivity index (χ3n) is 5.51. The van der Waals surface area contributed by atoms with E-state index in [0.29, 0.717) is 29.1 Å². The fourth-order valence-electron chi connectivity index (χ4n) is 3.67. The van der Waals surface area contributed by atoms with E-state index in [2.05, 4.69) is 4.72 Å². The van der Waals surface area contributed by atoms with Crippen molar-refractivity contribution in [2.45, 2.75) is 29.1 Å². The van der Waals surface area contributed by atoms with Crippen LogP contribution in [-0.2, 0) is 27.1 Å². The van der Waals surface area contributed by atoms with Crippen LogP contribution in [0.25, 0.3) is 10.2 Å². The van der Waals surface area contributed by atoms with Crippen LogP contribution in [-0.4, -0.2) is 51.9 Å². The van der Waals surface area contributed by atoms with Crippen LogP contribution in [0.4, 0.5) is 0 Å². The number of aromatic nitrogens is 1. The summed E-state index contributed by atoms with van der Waals surface area (Å²) in [5.74, 6) is 0.447. The van der Waals surface area contributed by atoms with Gasteiger partial charge in [-0.15, -0.1) is 0 Å². The number of aryl methyl sites for hydroxylation is 1. The molecule has 0 radical (unpaired) electrons. The number of benzene rings is 2. The molecule has 3 aromatic rings. The lowest BCUT2D eigenvalue weighted by molar-refractivity contribution is 0.322. The number of fused-ring (bicyclic) bond motifs is 1. The van der Waals surface area contributed by atoms with Crippen LogP contribution < -0.4 is 14.3 Å². The van der Waals surface area contributed by atoms with Gasteiger partial charge >= 0.3 is 4.87 Å². The summed E-state index contributed by atoms with van der Waals surface area (Å²) in [7, 11) is -5.63. The van der Waals surface area contributed by atoms with E-state index in [1.54, 1.807) is 25.2 Å². The minimum absolute atomic E-state index is 0.0270. The average molecular weight is 512 g/mol. The minimum atomic E-state index is -3.77.